The van der Waals surface area contributed by atoms with Gasteiger partial charge in [0.2, 0.25) is 5.91 Å². The second kappa shape index (κ2) is 10.2. The van der Waals surface area contributed by atoms with Gasteiger partial charge in [-0.1, -0.05) is 31.5 Å². The van der Waals surface area contributed by atoms with Gasteiger partial charge < -0.3 is 20.9 Å². The van der Waals surface area contributed by atoms with Crippen LogP contribution in [0.1, 0.15) is 32.0 Å². The van der Waals surface area contributed by atoms with E-state index in [9.17, 15) is 14.4 Å². The molecule has 10 nitrogen and oxygen atoms in total. The maximum Gasteiger partial charge on any atom is 0.315 e. The molecule has 0 bridgehead atoms. The van der Waals surface area contributed by atoms with E-state index in [1.165, 1.54) is 6.20 Å². The van der Waals surface area contributed by atoms with Gasteiger partial charge in [0, 0.05) is 19.5 Å². The number of para-hydroxylation sites is 1. The minimum atomic E-state index is -0.448. The van der Waals surface area contributed by atoms with E-state index in [1.54, 1.807) is 4.68 Å². The lowest BCUT2D eigenvalue weighted by atomic mass is 10.3. The standard InChI is InChI=1S/C20H25N7O3/c1-2-3-10-21-17(28)9-11-22-20(30)23-13-16-25-18-15(19(29)26-16)12-24-27(18)14-7-5-4-6-8-14/h4-8,12H,2-3,9-11,13H2,1H3,(H,21,28)(H2,22,23,30)(H,25,26,29). The van der Waals surface area contributed by atoms with Crippen LogP contribution in [0.3, 0.4) is 0 Å². The van der Waals surface area contributed by atoms with E-state index in [2.05, 4.69) is 31.0 Å². The van der Waals surface area contributed by atoms with Crippen molar-refractivity contribution >= 4 is 23.0 Å². The summed E-state index contributed by atoms with van der Waals surface area (Å²) in [6, 6.07) is 8.89. The van der Waals surface area contributed by atoms with Gasteiger partial charge in [-0.3, -0.25) is 9.59 Å². The van der Waals surface area contributed by atoms with Crippen molar-refractivity contribution in [3.63, 3.8) is 0 Å². The molecule has 3 aromatic rings. The molecule has 158 valence electrons. The maximum absolute atomic E-state index is 12.3. The second-order valence-electron chi connectivity index (χ2n) is 6.70. The molecule has 0 aliphatic carbocycles. The molecule has 3 amide bonds. The summed E-state index contributed by atoms with van der Waals surface area (Å²) in [5, 5.41) is 12.6. The number of carbonyl (C=O) groups is 2. The second-order valence-corrected chi connectivity index (χ2v) is 6.70. The Bertz CT molecular complexity index is 1060. The third kappa shape index (κ3) is 5.43. The summed E-state index contributed by atoms with van der Waals surface area (Å²) in [4.78, 5) is 43.0. The van der Waals surface area contributed by atoms with Crippen molar-refractivity contribution in [3.8, 4) is 5.69 Å². The van der Waals surface area contributed by atoms with Crippen molar-refractivity contribution in [2.45, 2.75) is 32.7 Å². The minimum Gasteiger partial charge on any atom is -0.356 e. The molecule has 0 fully saturated rings. The van der Waals surface area contributed by atoms with Crippen molar-refractivity contribution in [1.82, 2.24) is 35.7 Å². The first-order valence-corrected chi connectivity index (χ1v) is 9.89. The predicted molar refractivity (Wildman–Crippen MR) is 112 cm³/mol. The zero-order valence-corrected chi connectivity index (χ0v) is 16.8. The molecule has 4 N–H and O–H groups in total. The summed E-state index contributed by atoms with van der Waals surface area (Å²) in [6.07, 6.45) is 3.60. The first-order chi connectivity index (χ1) is 14.6. The van der Waals surface area contributed by atoms with Crippen LogP contribution in [0.5, 0.6) is 0 Å². The van der Waals surface area contributed by atoms with Gasteiger partial charge in [0.25, 0.3) is 5.56 Å². The Labute approximate surface area is 173 Å². The van der Waals surface area contributed by atoms with Gasteiger partial charge in [0.05, 0.1) is 18.4 Å². The fourth-order valence-corrected chi connectivity index (χ4v) is 2.81. The number of nitrogens with one attached hydrogen (secondary N) is 4. The van der Waals surface area contributed by atoms with Crippen LogP contribution in [0.4, 0.5) is 4.79 Å². The molecule has 0 spiro atoms. The molecule has 0 saturated carbocycles. The van der Waals surface area contributed by atoms with Gasteiger partial charge in [-0.05, 0) is 18.6 Å². The monoisotopic (exact) mass is 411 g/mol. The summed E-state index contributed by atoms with van der Waals surface area (Å²) in [5.41, 5.74) is 0.855. The Kier molecular flexibility index (Phi) is 7.14. The van der Waals surface area contributed by atoms with Crippen molar-refractivity contribution < 1.29 is 9.59 Å². The number of carbonyl (C=O) groups excluding carboxylic acids is 2. The number of rotatable bonds is 9. The summed E-state index contributed by atoms with van der Waals surface area (Å²) < 4.78 is 1.57. The highest BCUT2D eigenvalue weighted by atomic mass is 16.2. The normalized spacial score (nSPS) is 10.7. The fourth-order valence-electron chi connectivity index (χ4n) is 2.81. The van der Waals surface area contributed by atoms with E-state index in [-0.39, 0.29) is 31.0 Å². The number of urea groups is 1. The van der Waals surface area contributed by atoms with Gasteiger partial charge in [-0.25, -0.2) is 14.5 Å². The quantitative estimate of drug-likeness (QED) is 0.393. The van der Waals surface area contributed by atoms with Gasteiger partial charge in [0.1, 0.15) is 11.2 Å². The molecule has 1 aromatic carbocycles. The molecule has 2 heterocycles. The number of hydrogen-bond donors (Lipinski definition) is 4. The highest BCUT2D eigenvalue weighted by Crippen LogP contribution is 2.13. The zero-order chi connectivity index (χ0) is 21.3. The van der Waals surface area contributed by atoms with E-state index in [0.717, 1.165) is 18.5 Å². The van der Waals surface area contributed by atoms with Gasteiger partial charge >= 0.3 is 6.03 Å². The largest absolute Gasteiger partial charge is 0.356 e. The van der Waals surface area contributed by atoms with Crippen LogP contribution < -0.4 is 21.5 Å². The Morgan fingerprint density at radius 1 is 1.10 bits per heavy atom. The summed E-state index contributed by atoms with van der Waals surface area (Å²) in [5.74, 6) is 0.201. The van der Waals surface area contributed by atoms with E-state index in [0.29, 0.717) is 23.4 Å². The van der Waals surface area contributed by atoms with Crippen LogP contribution >= 0.6 is 0 Å². The summed E-state index contributed by atoms with van der Waals surface area (Å²) in [6.45, 7) is 2.93. The number of fused-ring (bicyclic) bond motifs is 1. The molecule has 0 saturated heterocycles. The van der Waals surface area contributed by atoms with Crippen molar-refractivity contribution in [1.29, 1.82) is 0 Å². The molecule has 0 aliphatic heterocycles. The number of hydrogen-bond acceptors (Lipinski definition) is 5. The molecule has 0 aliphatic rings. The lowest BCUT2D eigenvalue weighted by Gasteiger charge is -2.08. The number of nitrogens with zero attached hydrogens (tertiary/aromatic N) is 3. The number of benzene rings is 1. The molecule has 3 rings (SSSR count). The Morgan fingerprint density at radius 2 is 1.90 bits per heavy atom. The van der Waals surface area contributed by atoms with Crippen LogP contribution in [-0.4, -0.2) is 44.8 Å². The highest BCUT2D eigenvalue weighted by Gasteiger charge is 2.12. The first-order valence-electron chi connectivity index (χ1n) is 9.89. The Hall–Kier alpha value is -3.69. The number of aromatic amines is 1. The molecule has 2 aromatic heterocycles. The molecule has 0 radical (unpaired) electrons. The molecule has 30 heavy (non-hydrogen) atoms. The maximum atomic E-state index is 12.3. The number of H-pyrrole nitrogens is 1. The smallest absolute Gasteiger partial charge is 0.315 e. The van der Waals surface area contributed by atoms with Crippen molar-refractivity contribution in [2.75, 3.05) is 13.1 Å². The SMILES string of the molecule is CCCCNC(=O)CCNC(=O)NCc1nc2c(cnn2-c2ccccc2)c(=O)[nH]1. The van der Waals surface area contributed by atoms with Gasteiger partial charge in [-0.15, -0.1) is 0 Å². The summed E-state index contributed by atoms with van der Waals surface area (Å²) in [7, 11) is 0. The Balaban J connectivity index is 1.57. The van der Waals surface area contributed by atoms with E-state index in [4.69, 9.17) is 0 Å². The molecular weight excluding hydrogens is 386 g/mol. The van der Waals surface area contributed by atoms with Crippen LogP contribution in [0.2, 0.25) is 0 Å². The highest BCUT2D eigenvalue weighted by molar-refractivity contribution is 5.78. The van der Waals surface area contributed by atoms with Crippen LogP contribution in [0.15, 0.2) is 41.3 Å². The molecular formula is C20H25N7O3. The number of amides is 3. The molecule has 10 heteroatoms. The number of aromatic nitrogens is 4. The fraction of sp³-hybridized carbons (Fsp3) is 0.350. The van der Waals surface area contributed by atoms with Crippen molar-refractivity contribution in [3.05, 3.63) is 52.7 Å². The first kappa shape index (κ1) is 21.0. The van der Waals surface area contributed by atoms with Crippen LogP contribution in [0, 0.1) is 0 Å². The van der Waals surface area contributed by atoms with E-state index < -0.39 is 6.03 Å². The minimum absolute atomic E-state index is 0.0275. The van der Waals surface area contributed by atoms with E-state index >= 15 is 0 Å². The average Bonchev–Trinajstić information content (AvgIpc) is 3.18. The lowest BCUT2D eigenvalue weighted by Crippen LogP contribution is -2.38. The average molecular weight is 411 g/mol. The predicted octanol–water partition coefficient (Wildman–Crippen LogP) is 1.21. The third-order valence-corrected chi connectivity index (χ3v) is 4.39. The number of unbranched alkanes of at least 4 members (excludes halogenated alkanes) is 1. The molecule has 0 unspecified atom stereocenters. The lowest BCUT2D eigenvalue weighted by molar-refractivity contribution is -0.120. The van der Waals surface area contributed by atoms with Gasteiger partial charge in [-0.2, -0.15) is 5.10 Å². The van der Waals surface area contributed by atoms with Crippen molar-refractivity contribution in [2.24, 2.45) is 0 Å². The Morgan fingerprint density at radius 3 is 2.67 bits per heavy atom. The molecule has 0 atom stereocenters. The van der Waals surface area contributed by atoms with Gasteiger partial charge in [0.15, 0.2) is 5.65 Å². The van der Waals surface area contributed by atoms with E-state index in [1.807, 2.05) is 37.3 Å². The van der Waals surface area contributed by atoms with Crippen LogP contribution in [-0.2, 0) is 11.3 Å². The third-order valence-electron chi connectivity index (χ3n) is 4.39. The topological polar surface area (TPSA) is 134 Å². The summed E-state index contributed by atoms with van der Waals surface area (Å²) >= 11 is 0. The van der Waals surface area contributed by atoms with Crippen LogP contribution in [0.25, 0.3) is 16.7 Å². The zero-order valence-electron chi connectivity index (χ0n) is 16.8.